The Kier molecular flexibility index (Phi) is 13.0. The molecule has 20 rings (SSSR count). The Labute approximate surface area is 585 Å². The van der Waals surface area contributed by atoms with Gasteiger partial charge in [-0.2, -0.15) is 0 Å². The summed E-state index contributed by atoms with van der Waals surface area (Å²) in [6.45, 7) is 13.7. The summed E-state index contributed by atoms with van der Waals surface area (Å²) in [4.78, 5) is 10.9. The lowest BCUT2D eigenvalue weighted by molar-refractivity contribution is 1.09. The van der Waals surface area contributed by atoms with Crippen LogP contribution in [0.25, 0.3) is 165 Å². The average molecular weight is 1290 g/mol. The van der Waals surface area contributed by atoms with E-state index in [9.17, 15) is 0 Å². The zero-order chi connectivity index (χ0) is 67.5. The van der Waals surface area contributed by atoms with Gasteiger partial charge in [0.05, 0.1) is 55.5 Å². The third-order valence-electron chi connectivity index (χ3n) is 21.8. The number of para-hydroxylation sites is 4. The third-order valence-corrected chi connectivity index (χ3v) is 21.8. The molecule has 0 aliphatic carbocycles. The zero-order valence-electron chi connectivity index (χ0n) is 57.1. The van der Waals surface area contributed by atoms with Crippen molar-refractivity contribution >= 4 is 143 Å². The van der Waals surface area contributed by atoms with Crippen LogP contribution in [0.2, 0.25) is 0 Å². The number of hydrogen-bond acceptors (Lipinski definition) is 2. The maximum absolute atomic E-state index is 5.46. The van der Waals surface area contributed by atoms with Crippen molar-refractivity contribution in [2.75, 3.05) is 0 Å². The first-order valence-electron chi connectivity index (χ1n) is 35.2. The van der Waals surface area contributed by atoms with Crippen molar-refractivity contribution in [2.24, 2.45) is 0 Å². The van der Waals surface area contributed by atoms with Gasteiger partial charge >= 0.3 is 0 Å². The van der Waals surface area contributed by atoms with Crippen LogP contribution in [0.3, 0.4) is 0 Å². The minimum absolute atomic E-state index is 0.00176. The van der Waals surface area contributed by atoms with Crippen LogP contribution >= 0.6 is 0 Å². The van der Waals surface area contributed by atoms with Gasteiger partial charge in [0, 0.05) is 65.6 Å². The second-order valence-corrected chi connectivity index (χ2v) is 27.9. The summed E-state index contributed by atoms with van der Waals surface area (Å²) in [5.74, 6) is 1.76. The molecule has 101 heavy (non-hydrogen) atoms. The Hall–Kier alpha value is -12.6. The van der Waals surface area contributed by atoms with Crippen molar-refractivity contribution in [2.45, 2.75) is 41.5 Å². The molecule has 6 nitrogen and oxygen atoms in total. The van der Waals surface area contributed by atoms with E-state index < -0.39 is 0 Å². The Balaban J connectivity index is 0.866. The lowest BCUT2D eigenvalue weighted by atomic mass is 9.34. The predicted molar refractivity (Wildman–Crippen MR) is 429 cm³/mol. The number of rotatable bonds is 9. The quantitative estimate of drug-likeness (QED) is 0.107. The van der Waals surface area contributed by atoms with Crippen LogP contribution < -0.4 is 16.4 Å². The second kappa shape index (κ2) is 22.5. The monoisotopic (exact) mass is 1290 g/mol. The number of aryl methyl sites for hydroxylation is 6. The molecule has 0 aliphatic rings. The number of nitrogens with zero attached hydrogens (tertiary/aromatic N) is 6. The highest BCUT2D eigenvalue weighted by molar-refractivity contribution is 6.96. The van der Waals surface area contributed by atoms with Gasteiger partial charge in [0.15, 0.2) is 0 Å². The molecule has 6 heterocycles. The highest BCUT2D eigenvalue weighted by atomic mass is 15.1. The normalized spacial score (nSPS) is 12.1. The fourth-order valence-electron chi connectivity index (χ4n) is 17.9. The Morgan fingerprint density at radius 2 is 0.604 bits per heavy atom. The average Bonchev–Trinajstić information content (AvgIpc) is 1.65. The second-order valence-electron chi connectivity index (χ2n) is 27.9. The molecule has 20 aromatic rings. The van der Waals surface area contributed by atoms with Gasteiger partial charge in [-0.05, 0) is 159 Å². The van der Waals surface area contributed by atoms with E-state index in [4.69, 9.17) is 9.97 Å². The minimum Gasteiger partial charge on any atom is -0.309 e. The van der Waals surface area contributed by atoms with Crippen LogP contribution in [0.5, 0.6) is 0 Å². The van der Waals surface area contributed by atoms with E-state index in [0.29, 0.717) is 0 Å². The van der Waals surface area contributed by atoms with Gasteiger partial charge in [-0.3, -0.25) is 9.13 Å². The van der Waals surface area contributed by atoms with E-state index in [1.165, 1.54) is 125 Å². The van der Waals surface area contributed by atoms with Crippen LogP contribution in [0.4, 0.5) is 0 Å². The van der Waals surface area contributed by atoms with Gasteiger partial charge in [0.2, 0.25) is 6.71 Å². The van der Waals surface area contributed by atoms with E-state index in [0.717, 1.165) is 89.7 Å². The van der Waals surface area contributed by atoms with E-state index >= 15 is 0 Å². The molecule has 0 fully saturated rings. The molecule has 0 unspecified atom stereocenters. The van der Waals surface area contributed by atoms with Crippen LogP contribution in [-0.2, 0) is 0 Å². The molecule has 0 aliphatic heterocycles. The van der Waals surface area contributed by atoms with Crippen molar-refractivity contribution in [1.82, 2.24) is 28.2 Å². The van der Waals surface area contributed by atoms with E-state index in [2.05, 4.69) is 357 Å². The standard InChI is InChI=1S/C94H67BN6/c1-56-49-58(3)91(59(4)50-56)95(92-60(5)51-57(2)52-61(92)6)64-39-42-67-68-43-40-65(98-83-35-19-15-29-74(83)89-85(98)47-45-72-70-27-13-17-33-81(70)100(93(72)89)87-37-21-31-79(96-87)62-23-9-7-10-24-62)54-77(68)78-55-66(41-44-69(78)76(67)53-64)99-84-36-20-16-30-75(84)90-86(99)48-46-73-71-28-14-18-34-82(71)101(94(73)90)88-38-22-32-80(97-88)63-25-11-8-12-26-63/h7-55H,1-6H3. The first-order chi connectivity index (χ1) is 49.6. The highest BCUT2D eigenvalue weighted by Gasteiger charge is 2.31. The molecule has 0 atom stereocenters. The van der Waals surface area contributed by atoms with E-state index in [1.54, 1.807) is 0 Å². The van der Waals surface area contributed by atoms with Crippen LogP contribution in [-0.4, -0.2) is 34.9 Å². The zero-order valence-corrected chi connectivity index (χ0v) is 57.1. The summed E-state index contributed by atoms with van der Waals surface area (Å²) < 4.78 is 9.83. The molecular formula is C94H67BN6. The van der Waals surface area contributed by atoms with Crippen molar-refractivity contribution in [1.29, 1.82) is 0 Å². The molecule has 7 heteroatoms. The summed E-state index contributed by atoms with van der Waals surface area (Å²) in [6.07, 6.45) is 0. The summed E-state index contributed by atoms with van der Waals surface area (Å²) in [7, 11) is 0. The van der Waals surface area contributed by atoms with Crippen LogP contribution in [0.15, 0.2) is 297 Å². The molecule has 0 N–H and O–H groups in total. The maximum Gasteiger partial charge on any atom is 0.242 e. The molecule has 0 amide bonds. The topological polar surface area (TPSA) is 45.5 Å². The molecule has 6 aromatic heterocycles. The summed E-state index contributed by atoms with van der Waals surface area (Å²) in [5, 5.41) is 16.7. The van der Waals surface area contributed by atoms with Crippen molar-refractivity contribution in [3.63, 3.8) is 0 Å². The lowest BCUT2D eigenvalue weighted by Crippen LogP contribution is -2.55. The molecule has 476 valence electrons. The fraction of sp³-hybridized carbons (Fsp3) is 0.0638. The van der Waals surface area contributed by atoms with Gasteiger partial charge in [-0.15, -0.1) is 0 Å². The fourth-order valence-corrected chi connectivity index (χ4v) is 17.9. The molecule has 0 saturated carbocycles. The third kappa shape index (κ3) is 8.85. The van der Waals surface area contributed by atoms with Crippen LogP contribution in [0, 0.1) is 41.5 Å². The number of pyridine rings is 2. The van der Waals surface area contributed by atoms with Crippen molar-refractivity contribution in [3.8, 4) is 45.5 Å². The van der Waals surface area contributed by atoms with Gasteiger partial charge in [-0.25, -0.2) is 9.97 Å². The lowest BCUT2D eigenvalue weighted by Gasteiger charge is -2.25. The SMILES string of the molecule is Cc1cc(C)c(B(c2ccc3c4ccc(-n5c6ccccc6c6c5ccc5c7ccccc7n(-c7cccc(-c8ccccc8)n7)c56)cc4c4cc(-n5c6ccccc6c6c5ccc5c7ccccc7n(-c7cccc(-c8ccccc8)n7)c56)ccc4c3c2)c2c(C)cc(C)cc2C)c(C)c1. The summed E-state index contributed by atoms with van der Waals surface area (Å²) in [5.41, 5.74) is 27.1. The molecular weight excluding hydrogens is 1220 g/mol. The molecule has 0 saturated heterocycles. The van der Waals surface area contributed by atoms with Crippen LogP contribution in [0.1, 0.15) is 33.4 Å². The van der Waals surface area contributed by atoms with E-state index in [-0.39, 0.29) is 6.71 Å². The Bertz CT molecular complexity index is 6800. The summed E-state index contributed by atoms with van der Waals surface area (Å²) >= 11 is 0. The first kappa shape index (κ1) is 58.6. The molecule has 0 spiro atoms. The Morgan fingerprint density at radius 3 is 1.04 bits per heavy atom. The van der Waals surface area contributed by atoms with Gasteiger partial charge in [-0.1, -0.05) is 262 Å². The summed E-state index contributed by atoms with van der Waals surface area (Å²) in [6, 6.07) is 110. The van der Waals surface area contributed by atoms with Crippen molar-refractivity contribution in [3.05, 3.63) is 331 Å². The number of fused-ring (bicyclic) bond motifs is 20. The number of hydrogen-bond donors (Lipinski definition) is 0. The molecule has 0 bridgehead atoms. The first-order valence-corrected chi connectivity index (χ1v) is 35.2. The number of benzene rings is 14. The maximum atomic E-state index is 5.46. The van der Waals surface area contributed by atoms with Gasteiger partial charge in [0.25, 0.3) is 0 Å². The Morgan fingerprint density at radius 1 is 0.248 bits per heavy atom. The van der Waals surface area contributed by atoms with Gasteiger partial charge in [0.1, 0.15) is 11.6 Å². The smallest absolute Gasteiger partial charge is 0.242 e. The molecule has 14 aromatic carbocycles. The van der Waals surface area contributed by atoms with E-state index in [1.807, 2.05) is 0 Å². The number of aromatic nitrogens is 6. The van der Waals surface area contributed by atoms with Gasteiger partial charge < -0.3 is 9.13 Å². The molecule has 0 radical (unpaired) electrons. The largest absolute Gasteiger partial charge is 0.309 e. The minimum atomic E-state index is -0.00176. The predicted octanol–water partition coefficient (Wildman–Crippen LogP) is 22.0. The van der Waals surface area contributed by atoms with Crippen molar-refractivity contribution < 1.29 is 0 Å². The highest BCUT2D eigenvalue weighted by Crippen LogP contribution is 2.46.